The molecule has 1 fully saturated rings. The van der Waals surface area contributed by atoms with Crippen LogP contribution in [0.2, 0.25) is 0 Å². The maximum atomic E-state index is 10.6. The zero-order valence-electron chi connectivity index (χ0n) is 15.5. The summed E-state index contributed by atoms with van der Waals surface area (Å²) >= 11 is 0. The van der Waals surface area contributed by atoms with Gasteiger partial charge < -0.3 is 5.11 Å². The predicted octanol–water partition coefficient (Wildman–Crippen LogP) is 6.65. The molecule has 1 nitrogen and oxygen atoms in total. The highest BCUT2D eigenvalue weighted by Gasteiger charge is 2.32. The summed E-state index contributed by atoms with van der Waals surface area (Å²) in [6, 6.07) is 15.0. The Morgan fingerprint density at radius 2 is 1.62 bits per heavy atom. The first-order valence-corrected chi connectivity index (χ1v) is 9.34. The van der Waals surface area contributed by atoms with Crippen LogP contribution in [0, 0.1) is 5.92 Å². The number of phenols is 1. The first kappa shape index (κ1) is 17.1. The minimum atomic E-state index is 0.169. The molecule has 1 aliphatic rings. The molecule has 0 aliphatic heterocycles. The van der Waals surface area contributed by atoms with Gasteiger partial charge >= 0.3 is 0 Å². The Hall–Kier alpha value is -1.76. The third-order valence-electron chi connectivity index (χ3n) is 5.30. The molecule has 1 unspecified atom stereocenters. The molecule has 1 heteroatoms. The van der Waals surface area contributed by atoms with E-state index in [1.807, 2.05) is 6.07 Å². The lowest BCUT2D eigenvalue weighted by atomic mass is 9.85. The van der Waals surface area contributed by atoms with Crippen LogP contribution in [-0.2, 0) is 5.41 Å². The largest absolute Gasteiger partial charge is 0.508 e. The second kappa shape index (κ2) is 6.63. The Labute approximate surface area is 146 Å². The van der Waals surface area contributed by atoms with Gasteiger partial charge in [-0.3, -0.25) is 0 Å². The van der Waals surface area contributed by atoms with Gasteiger partial charge in [-0.1, -0.05) is 70.5 Å². The van der Waals surface area contributed by atoms with Gasteiger partial charge in [-0.25, -0.2) is 0 Å². The molecule has 0 heterocycles. The Morgan fingerprint density at radius 1 is 1.00 bits per heavy atom. The van der Waals surface area contributed by atoms with E-state index in [4.69, 9.17) is 0 Å². The zero-order chi connectivity index (χ0) is 17.3. The normalized spacial score (nSPS) is 16.2. The predicted molar refractivity (Wildman–Crippen MR) is 103 cm³/mol. The van der Waals surface area contributed by atoms with Crippen molar-refractivity contribution in [3.05, 3.63) is 53.6 Å². The second-order valence-corrected chi connectivity index (χ2v) is 8.33. The fraction of sp³-hybridized carbons (Fsp3) is 0.478. The third kappa shape index (κ3) is 3.66. The molecule has 0 aromatic heterocycles. The van der Waals surface area contributed by atoms with Crippen LogP contribution in [0.3, 0.4) is 0 Å². The van der Waals surface area contributed by atoms with Gasteiger partial charge in [-0.15, -0.1) is 0 Å². The molecule has 0 spiro atoms. The van der Waals surface area contributed by atoms with Crippen LogP contribution in [0.1, 0.15) is 70.4 Å². The highest BCUT2D eigenvalue weighted by atomic mass is 16.3. The van der Waals surface area contributed by atoms with Crippen molar-refractivity contribution >= 4 is 0 Å². The van der Waals surface area contributed by atoms with E-state index in [9.17, 15) is 5.11 Å². The Bertz CT molecular complexity index is 687. The van der Waals surface area contributed by atoms with Gasteiger partial charge in [0.2, 0.25) is 0 Å². The molecule has 1 saturated carbocycles. The molecule has 2 aromatic rings. The molecule has 3 rings (SSSR count). The second-order valence-electron chi connectivity index (χ2n) is 8.33. The molecule has 128 valence electrons. The van der Waals surface area contributed by atoms with Gasteiger partial charge in [0.05, 0.1) is 0 Å². The molecular formula is C23H30O. The van der Waals surface area contributed by atoms with Gasteiger partial charge in [0.15, 0.2) is 0 Å². The number of phenolic OH excluding ortho intramolecular Hbond substituents is 1. The molecule has 1 atom stereocenters. The lowest BCUT2D eigenvalue weighted by Gasteiger charge is -2.20. The van der Waals surface area contributed by atoms with Gasteiger partial charge in [-0.2, -0.15) is 0 Å². The van der Waals surface area contributed by atoms with Crippen molar-refractivity contribution in [1.29, 1.82) is 0 Å². The van der Waals surface area contributed by atoms with E-state index in [0.29, 0.717) is 11.7 Å². The SMILES string of the molecule is CCCC(c1ccc(-c2ccc(C(C)(C)C)cc2)cc1O)C1CC1. The molecule has 0 bridgehead atoms. The summed E-state index contributed by atoms with van der Waals surface area (Å²) < 4.78 is 0. The smallest absolute Gasteiger partial charge is 0.119 e. The van der Waals surface area contributed by atoms with Crippen LogP contribution in [0.15, 0.2) is 42.5 Å². The van der Waals surface area contributed by atoms with Crippen LogP contribution in [0.4, 0.5) is 0 Å². The summed E-state index contributed by atoms with van der Waals surface area (Å²) in [6.07, 6.45) is 4.99. The molecule has 0 saturated heterocycles. The summed E-state index contributed by atoms with van der Waals surface area (Å²) in [4.78, 5) is 0. The number of hydrogen-bond acceptors (Lipinski definition) is 1. The summed E-state index contributed by atoms with van der Waals surface area (Å²) in [5.41, 5.74) is 4.92. The Balaban J connectivity index is 1.86. The van der Waals surface area contributed by atoms with Crippen LogP contribution < -0.4 is 0 Å². The molecule has 1 N–H and O–H groups in total. The first-order valence-electron chi connectivity index (χ1n) is 9.34. The fourth-order valence-electron chi connectivity index (χ4n) is 3.65. The number of aromatic hydroxyl groups is 1. The van der Waals surface area contributed by atoms with E-state index in [1.54, 1.807) is 0 Å². The Morgan fingerprint density at radius 3 is 2.12 bits per heavy atom. The summed E-state index contributed by atoms with van der Waals surface area (Å²) in [5, 5.41) is 10.6. The van der Waals surface area contributed by atoms with Crippen molar-refractivity contribution in [2.24, 2.45) is 5.92 Å². The summed E-state index contributed by atoms with van der Waals surface area (Å²) in [5.74, 6) is 1.79. The van der Waals surface area contributed by atoms with E-state index in [-0.39, 0.29) is 5.41 Å². The van der Waals surface area contributed by atoms with Gasteiger partial charge in [0.25, 0.3) is 0 Å². The maximum Gasteiger partial charge on any atom is 0.119 e. The van der Waals surface area contributed by atoms with Gasteiger partial charge in [0.1, 0.15) is 5.75 Å². The standard InChI is InChI=1S/C23H30O/c1-5-6-20(17-7-8-17)21-14-11-18(15-22(21)24)16-9-12-19(13-10-16)23(2,3)4/h9-15,17,20,24H,5-8H2,1-4H3. The minimum Gasteiger partial charge on any atom is -0.508 e. The van der Waals surface area contributed by atoms with Crippen molar-refractivity contribution in [2.45, 2.75) is 64.7 Å². The molecular weight excluding hydrogens is 292 g/mol. The third-order valence-corrected chi connectivity index (χ3v) is 5.30. The number of rotatable bonds is 5. The van der Waals surface area contributed by atoms with Gasteiger partial charge in [-0.05, 0) is 64.8 Å². The summed E-state index contributed by atoms with van der Waals surface area (Å²) in [7, 11) is 0. The van der Waals surface area contributed by atoms with Crippen molar-refractivity contribution in [3.8, 4) is 16.9 Å². The van der Waals surface area contributed by atoms with Crippen molar-refractivity contribution in [2.75, 3.05) is 0 Å². The van der Waals surface area contributed by atoms with Crippen LogP contribution in [0.5, 0.6) is 5.75 Å². The average molecular weight is 322 g/mol. The van der Waals surface area contributed by atoms with E-state index in [1.165, 1.54) is 36.8 Å². The van der Waals surface area contributed by atoms with E-state index in [0.717, 1.165) is 17.0 Å². The van der Waals surface area contributed by atoms with Crippen molar-refractivity contribution < 1.29 is 5.11 Å². The maximum absolute atomic E-state index is 10.6. The number of benzene rings is 2. The molecule has 0 radical (unpaired) electrons. The average Bonchev–Trinajstić information content (AvgIpc) is 3.37. The van der Waals surface area contributed by atoms with Gasteiger partial charge in [0, 0.05) is 0 Å². The lowest BCUT2D eigenvalue weighted by molar-refractivity contribution is 0.447. The van der Waals surface area contributed by atoms with Crippen LogP contribution in [-0.4, -0.2) is 5.11 Å². The van der Waals surface area contributed by atoms with Crippen LogP contribution >= 0.6 is 0 Å². The quantitative estimate of drug-likeness (QED) is 0.653. The first-order chi connectivity index (χ1) is 11.4. The molecule has 1 aliphatic carbocycles. The minimum absolute atomic E-state index is 0.169. The fourth-order valence-corrected chi connectivity index (χ4v) is 3.65. The van der Waals surface area contributed by atoms with E-state index >= 15 is 0 Å². The van der Waals surface area contributed by atoms with E-state index in [2.05, 4.69) is 64.1 Å². The highest BCUT2D eigenvalue weighted by molar-refractivity contribution is 5.66. The topological polar surface area (TPSA) is 20.2 Å². The van der Waals surface area contributed by atoms with E-state index < -0.39 is 0 Å². The zero-order valence-corrected chi connectivity index (χ0v) is 15.5. The van der Waals surface area contributed by atoms with Crippen molar-refractivity contribution in [3.63, 3.8) is 0 Å². The molecule has 2 aromatic carbocycles. The summed E-state index contributed by atoms with van der Waals surface area (Å²) in [6.45, 7) is 8.93. The molecule has 0 amide bonds. The highest BCUT2D eigenvalue weighted by Crippen LogP contribution is 2.47. The molecule has 24 heavy (non-hydrogen) atoms. The lowest BCUT2D eigenvalue weighted by Crippen LogP contribution is -2.10. The van der Waals surface area contributed by atoms with Crippen molar-refractivity contribution in [1.82, 2.24) is 0 Å². The monoisotopic (exact) mass is 322 g/mol. The Kier molecular flexibility index (Phi) is 4.71. The number of hydrogen-bond donors (Lipinski definition) is 1. The van der Waals surface area contributed by atoms with Crippen LogP contribution in [0.25, 0.3) is 11.1 Å².